The van der Waals surface area contributed by atoms with E-state index in [-0.39, 0.29) is 22.1 Å². The molecule has 26 heavy (non-hydrogen) atoms. The molecule has 9 heteroatoms. The predicted molar refractivity (Wildman–Crippen MR) is 89.1 cm³/mol. The van der Waals surface area contributed by atoms with Crippen molar-refractivity contribution in [2.45, 2.75) is 49.1 Å². The number of aliphatic carboxylic acids is 1. The number of carbonyl (C=O) groups excluding carboxylic acids is 2. The summed E-state index contributed by atoms with van der Waals surface area (Å²) < 4.78 is 26.3. The Morgan fingerprint density at radius 3 is 2.50 bits per heavy atom. The number of carboxylic acids is 1. The van der Waals surface area contributed by atoms with E-state index in [2.05, 4.69) is 0 Å². The van der Waals surface area contributed by atoms with E-state index in [1.165, 1.54) is 23.1 Å². The van der Waals surface area contributed by atoms with Crippen LogP contribution in [0.4, 0.5) is 0 Å². The molecule has 2 amide bonds. The minimum atomic E-state index is -3.95. The molecule has 2 heterocycles. The van der Waals surface area contributed by atoms with Crippen LogP contribution in [-0.2, 0) is 14.8 Å². The number of carbonyl (C=O) groups is 3. The molecule has 3 aliphatic rings. The van der Waals surface area contributed by atoms with Gasteiger partial charge in [-0.25, -0.2) is 17.5 Å². The van der Waals surface area contributed by atoms with Crippen molar-refractivity contribution in [3.05, 3.63) is 29.3 Å². The van der Waals surface area contributed by atoms with Crippen LogP contribution in [-0.4, -0.2) is 59.1 Å². The Hall–Kier alpha value is -2.42. The van der Waals surface area contributed by atoms with E-state index in [1.54, 1.807) is 0 Å². The van der Waals surface area contributed by atoms with Crippen LogP contribution in [0, 0.1) is 0 Å². The van der Waals surface area contributed by atoms with Crippen molar-refractivity contribution in [3.63, 3.8) is 0 Å². The number of rotatable bonds is 3. The van der Waals surface area contributed by atoms with Crippen molar-refractivity contribution in [2.75, 3.05) is 6.54 Å². The zero-order valence-corrected chi connectivity index (χ0v) is 14.7. The highest BCUT2D eigenvalue weighted by atomic mass is 32.2. The van der Waals surface area contributed by atoms with E-state index < -0.39 is 33.8 Å². The first-order valence-corrected chi connectivity index (χ1v) is 10.0. The highest BCUT2D eigenvalue weighted by Gasteiger charge is 2.49. The smallest absolute Gasteiger partial charge is 0.326 e. The topological polar surface area (TPSA) is 112 Å². The zero-order chi connectivity index (χ0) is 18.6. The average Bonchev–Trinajstić information content (AvgIpc) is 3.42. The molecule has 0 spiro atoms. The summed E-state index contributed by atoms with van der Waals surface area (Å²) in [5.74, 6) is -2.14. The largest absolute Gasteiger partial charge is 0.480 e. The van der Waals surface area contributed by atoms with Crippen LogP contribution >= 0.6 is 0 Å². The van der Waals surface area contributed by atoms with Crippen molar-refractivity contribution < 1.29 is 27.9 Å². The van der Waals surface area contributed by atoms with Crippen LogP contribution < -0.4 is 0 Å². The fourth-order valence-corrected chi connectivity index (χ4v) is 5.49. The molecule has 2 fully saturated rings. The number of hydrogen-bond donors (Lipinski definition) is 1. The van der Waals surface area contributed by atoms with Gasteiger partial charge >= 0.3 is 5.97 Å². The lowest BCUT2D eigenvalue weighted by Crippen LogP contribution is -2.48. The molecule has 1 aliphatic carbocycles. The van der Waals surface area contributed by atoms with Crippen LogP contribution in [0.25, 0.3) is 0 Å². The fraction of sp³-hybridized carbons (Fsp3) is 0.471. The minimum Gasteiger partial charge on any atom is -0.480 e. The Bertz CT molecular complexity index is 921. The third-order valence-electron chi connectivity index (χ3n) is 5.12. The Morgan fingerprint density at radius 2 is 1.85 bits per heavy atom. The molecule has 1 N–H and O–H groups in total. The van der Waals surface area contributed by atoms with Gasteiger partial charge in [0.2, 0.25) is 0 Å². The summed E-state index contributed by atoms with van der Waals surface area (Å²) in [6.45, 7) is 0.312. The summed E-state index contributed by atoms with van der Waals surface area (Å²) in [6, 6.07) is 2.76. The predicted octanol–water partition coefficient (Wildman–Crippen LogP) is 1.07. The number of nitrogens with zero attached hydrogens (tertiary/aromatic N) is 2. The van der Waals surface area contributed by atoms with Gasteiger partial charge in [-0.1, -0.05) is 0 Å². The molecule has 1 atom stereocenters. The first kappa shape index (κ1) is 17.0. The molecule has 138 valence electrons. The summed E-state index contributed by atoms with van der Waals surface area (Å²) in [4.78, 5) is 37.7. The van der Waals surface area contributed by atoms with Crippen LogP contribution in [0.3, 0.4) is 0 Å². The molecule has 1 aromatic carbocycles. The van der Waals surface area contributed by atoms with Gasteiger partial charge in [0, 0.05) is 18.2 Å². The van der Waals surface area contributed by atoms with Crippen LogP contribution in [0.5, 0.6) is 0 Å². The number of piperidine rings is 1. The fourth-order valence-electron chi connectivity index (χ4n) is 3.65. The second kappa shape index (κ2) is 5.80. The van der Waals surface area contributed by atoms with Crippen molar-refractivity contribution in [1.29, 1.82) is 0 Å². The molecule has 2 aliphatic heterocycles. The number of amides is 2. The lowest BCUT2D eigenvalue weighted by molar-refractivity contribution is -0.143. The minimum absolute atomic E-state index is 0.0712. The maximum atomic E-state index is 12.8. The van der Waals surface area contributed by atoms with E-state index in [0.717, 1.165) is 10.7 Å². The van der Waals surface area contributed by atoms with E-state index in [9.17, 15) is 27.9 Å². The Morgan fingerprint density at radius 1 is 1.12 bits per heavy atom. The zero-order valence-electron chi connectivity index (χ0n) is 13.9. The highest BCUT2D eigenvalue weighted by Crippen LogP contribution is 2.39. The molecule has 0 aromatic heterocycles. The van der Waals surface area contributed by atoms with E-state index >= 15 is 0 Å². The summed E-state index contributed by atoms with van der Waals surface area (Å²) in [7, 11) is -3.95. The van der Waals surface area contributed by atoms with Crippen LogP contribution in [0.15, 0.2) is 23.1 Å². The number of carboxylic acid groups (broad SMARTS) is 1. The van der Waals surface area contributed by atoms with E-state index in [1.807, 2.05) is 0 Å². The third-order valence-corrected chi connectivity index (χ3v) is 7.00. The third kappa shape index (κ3) is 2.49. The van der Waals surface area contributed by atoms with E-state index in [4.69, 9.17) is 0 Å². The van der Waals surface area contributed by atoms with Crippen molar-refractivity contribution in [2.24, 2.45) is 0 Å². The molecule has 1 aromatic rings. The number of likely N-dealkylation sites (tertiary alicyclic amines) is 1. The van der Waals surface area contributed by atoms with Crippen molar-refractivity contribution in [3.8, 4) is 0 Å². The van der Waals surface area contributed by atoms with Gasteiger partial charge in [0.1, 0.15) is 10.9 Å². The van der Waals surface area contributed by atoms with Gasteiger partial charge in [0.25, 0.3) is 21.8 Å². The van der Waals surface area contributed by atoms with Gasteiger partial charge in [-0.3, -0.25) is 9.59 Å². The maximum absolute atomic E-state index is 12.8. The van der Waals surface area contributed by atoms with Crippen LogP contribution in [0.2, 0.25) is 0 Å². The first-order chi connectivity index (χ1) is 12.3. The van der Waals surface area contributed by atoms with Gasteiger partial charge in [-0.15, -0.1) is 0 Å². The number of benzene rings is 1. The second-order valence-electron chi connectivity index (χ2n) is 6.90. The number of sulfonamides is 1. The lowest BCUT2D eigenvalue weighted by atomic mass is 10.0. The summed E-state index contributed by atoms with van der Waals surface area (Å²) in [6.07, 6.45) is 3.10. The quantitative estimate of drug-likeness (QED) is 0.842. The normalized spacial score (nSPS) is 24.5. The number of fused-ring (bicyclic) bond motifs is 1. The van der Waals surface area contributed by atoms with Gasteiger partial charge in [0.05, 0.1) is 5.56 Å². The van der Waals surface area contributed by atoms with Gasteiger partial charge < -0.3 is 10.0 Å². The molecule has 0 unspecified atom stereocenters. The van der Waals surface area contributed by atoms with Crippen molar-refractivity contribution >= 4 is 27.8 Å². The van der Waals surface area contributed by atoms with Gasteiger partial charge in [0.15, 0.2) is 0 Å². The monoisotopic (exact) mass is 378 g/mol. The molecule has 1 saturated carbocycles. The highest BCUT2D eigenvalue weighted by molar-refractivity contribution is 7.90. The standard InChI is InChI=1S/C17H18N2O6S/c20-15(18-8-2-1-3-13(18)17(22)23)10-4-7-12-14(9-10)26(24,25)19(16(12)21)11-5-6-11/h4,7,9,11,13H,1-3,5-6,8H2,(H,22,23)/t13-/m1/s1. The molecular formula is C17H18N2O6S. The Labute approximate surface area is 150 Å². The molecule has 4 rings (SSSR count). The SMILES string of the molecule is O=C(O)[C@H]1CCCCN1C(=O)c1ccc2c(c1)S(=O)(=O)N(C1CC1)C2=O. The summed E-state index contributed by atoms with van der Waals surface area (Å²) in [5.41, 5.74) is 0.160. The Kier molecular flexibility index (Phi) is 3.80. The van der Waals surface area contributed by atoms with E-state index in [0.29, 0.717) is 32.2 Å². The van der Waals surface area contributed by atoms with Gasteiger partial charge in [-0.2, -0.15) is 0 Å². The summed E-state index contributed by atoms with van der Waals surface area (Å²) >= 11 is 0. The summed E-state index contributed by atoms with van der Waals surface area (Å²) in [5, 5.41) is 9.34. The Balaban J connectivity index is 1.70. The molecule has 1 saturated heterocycles. The molecule has 0 bridgehead atoms. The molecule has 8 nitrogen and oxygen atoms in total. The second-order valence-corrected chi connectivity index (χ2v) is 8.68. The lowest BCUT2D eigenvalue weighted by Gasteiger charge is -2.33. The van der Waals surface area contributed by atoms with Crippen molar-refractivity contribution in [1.82, 2.24) is 9.21 Å². The average molecular weight is 378 g/mol. The molecule has 0 radical (unpaired) electrons. The number of hydrogen-bond acceptors (Lipinski definition) is 5. The van der Waals surface area contributed by atoms with Gasteiger partial charge in [-0.05, 0) is 50.3 Å². The molecular weight excluding hydrogens is 360 g/mol. The maximum Gasteiger partial charge on any atom is 0.326 e. The first-order valence-electron chi connectivity index (χ1n) is 8.59. The van der Waals surface area contributed by atoms with Crippen LogP contribution in [0.1, 0.15) is 52.8 Å².